The average molecular weight is 345 g/mol. The SMILES string of the molecule is CCc1ccc(CNC(=NC)NCc2cccc(CN(C)C)c2)s1. The molecule has 0 bridgehead atoms. The average Bonchev–Trinajstić information content (AvgIpc) is 3.03. The van der Waals surface area contributed by atoms with Crippen molar-refractivity contribution in [3.05, 3.63) is 57.3 Å². The molecule has 2 N–H and O–H groups in total. The van der Waals surface area contributed by atoms with Crippen molar-refractivity contribution in [3.63, 3.8) is 0 Å². The molecule has 0 unspecified atom stereocenters. The maximum absolute atomic E-state index is 4.31. The van der Waals surface area contributed by atoms with Gasteiger partial charge in [-0.2, -0.15) is 0 Å². The first-order valence-corrected chi connectivity index (χ1v) is 9.17. The molecule has 0 saturated carbocycles. The quantitative estimate of drug-likeness (QED) is 0.598. The number of nitrogens with one attached hydrogen (secondary N) is 2. The Bertz CT molecular complexity index is 661. The Morgan fingerprint density at radius 2 is 1.75 bits per heavy atom. The van der Waals surface area contributed by atoms with Crippen molar-refractivity contribution >= 4 is 17.3 Å². The van der Waals surface area contributed by atoms with E-state index in [0.717, 1.165) is 32.0 Å². The lowest BCUT2D eigenvalue weighted by atomic mass is 10.1. The zero-order valence-corrected chi connectivity index (χ0v) is 15.9. The summed E-state index contributed by atoms with van der Waals surface area (Å²) in [7, 11) is 5.99. The van der Waals surface area contributed by atoms with E-state index >= 15 is 0 Å². The van der Waals surface area contributed by atoms with E-state index in [4.69, 9.17) is 0 Å². The molecule has 2 aromatic rings. The fourth-order valence-corrected chi connectivity index (χ4v) is 3.39. The summed E-state index contributed by atoms with van der Waals surface area (Å²) in [6.07, 6.45) is 1.10. The molecular weight excluding hydrogens is 316 g/mol. The minimum Gasteiger partial charge on any atom is -0.352 e. The molecule has 5 heteroatoms. The number of benzene rings is 1. The molecule has 24 heavy (non-hydrogen) atoms. The summed E-state index contributed by atoms with van der Waals surface area (Å²) in [6.45, 7) is 4.73. The maximum atomic E-state index is 4.31. The summed E-state index contributed by atoms with van der Waals surface area (Å²) in [5.41, 5.74) is 2.59. The smallest absolute Gasteiger partial charge is 0.191 e. The van der Waals surface area contributed by atoms with E-state index in [-0.39, 0.29) is 0 Å². The molecule has 0 aliphatic heterocycles. The lowest BCUT2D eigenvalue weighted by Gasteiger charge is -2.13. The van der Waals surface area contributed by atoms with Crippen LogP contribution in [0.3, 0.4) is 0 Å². The molecule has 2 rings (SSSR count). The minimum absolute atomic E-state index is 0.769. The Hall–Kier alpha value is -1.85. The zero-order chi connectivity index (χ0) is 17.4. The Kier molecular flexibility index (Phi) is 7.28. The molecule has 130 valence electrons. The molecule has 0 spiro atoms. The van der Waals surface area contributed by atoms with E-state index < -0.39 is 0 Å². The topological polar surface area (TPSA) is 39.7 Å². The largest absolute Gasteiger partial charge is 0.352 e. The molecule has 1 aromatic carbocycles. The van der Waals surface area contributed by atoms with Gasteiger partial charge < -0.3 is 15.5 Å². The van der Waals surface area contributed by atoms with Gasteiger partial charge in [-0.25, -0.2) is 0 Å². The van der Waals surface area contributed by atoms with Gasteiger partial charge in [0.1, 0.15) is 0 Å². The van der Waals surface area contributed by atoms with Gasteiger partial charge in [0, 0.05) is 29.9 Å². The van der Waals surface area contributed by atoms with E-state index in [1.54, 1.807) is 0 Å². The molecule has 0 radical (unpaired) electrons. The van der Waals surface area contributed by atoms with Crippen molar-refractivity contribution in [3.8, 4) is 0 Å². The summed E-state index contributed by atoms with van der Waals surface area (Å²) in [6, 6.07) is 13.1. The maximum Gasteiger partial charge on any atom is 0.191 e. The predicted molar refractivity (Wildman–Crippen MR) is 105 cm³/mol. The molecule has 0 atom stereocenters. The van der Waals surface area contributed by atoms with Crippen LogP contribution in [0.15, 0.2) is 41.4 Å². The van der Waals surface area contributed by atoms with Crippen LogP contribution in [-0.4, -0.2) is 32.0 Å². The second-order valence-electron chi connectivity index (χ2n) is 6.06. The van der Waals surface area contributed by atoms with Gasteiger partial charge >= 0.3 is 0 Å². The summed E-state index contributed by atoms with van der Waals surface area (Å²) >= 11 is 1.86. The van der Waals surface area contributed by atoms with E-state index in [9.17, 15) is 0 Å². The van der Waals surface area contributed by atoms with E-state index in [1.165, 1.54) is 20.9 Å². The number of aryl methyl sites for hydroxylation is 1. The first kappa shape index (κ1) is 18.5. The summed E-state index contributed by atoms with van der Waals surface area (Å²) in [5, 5.41) is 6.77. The highest BCUT2D eigenvalue weighted by atomic mass is 32.1. The molecule has 0 aliphatic carbocycles. The van der Waals surface area contributed by atoms with Crippen LogP contribution in [0.4, 0.5) is 0 Å². The molecule has 0 saturated heterocycles. The van der Waals surface area contributed by atoms with Crippen LogP contribution in [-0.2, 0) is 26.1 Å². The molecular formula is C19H28N4S. The normalized spacial score (nSPS) is 11.8. The number of hydrogen-bond acceptors (Lipinski definition) is 3. The van der Waals surface area contributed by atoms with Gasteiger partial charge in [-0.15, -0.1) is 11.3 Å². The van der Waals surface area contributed by atoms with Crippen molar-refractivity contribution in [1.82, 2.24) is 15.5 Å². The van der Waals surface area contributed by atoms with Crippen LogP contribution in [0.25, 0.3) is 0 Å². The van der Waals surface area contributed by atoms with Gasteiger partial charge in [-0.3, -0.25) is 4.99 Å². The summed E-state index contributed by atoms with van der Waals surface area (Å²) in [4.78, 5) is 9.25. The number of thiophene rings is 1. The van der Waals surface area contributed by atoms with Crippen LogP contribution in [0.2, 0.25) is 0 Å². The number of hydrogen-bond donors (Lipinski definition) is 2. The fourth-order valence-electron chi connectivity index (χ4n) is 2.49. The van der Waals surface area contributed by atoms with E-state index in [0.29, 0.717) is 0 Å². The Morgan fingerprint density at radius 1 is 1.04 bits per heavy atom. The lowest BCUT2D eigenvalue weighted by molar-refractivity contribution is 0.402. The van der Waals surface area contributed by atoms with Crippen molar-refractivity contribution < 1.29 is 0 Å². The minimum atomic E-state index is 0.769. The Morgan fingerprint density at radius 3 is 2.42 bits per heavy atom. The molecule has 0 amide bonds. The summed E-state index contributed by atoms with van der Waals surface area (Å²) < 4.78 is 0. The van der Waals surface area contributed by atoms with Gasteiger partial charge in [0.25, 0.3) is 0 Å². The first-order valence-electron chi connectivity index (χ1n) is 8.35. The van der Waals surface area contributed by atoms with Gasteiger partial charge in [0.05, 0.1) is 6.54 Å². The molecule has 1 heterocycles. The predicted octanol–water partition coefficient (Wildman–Crippen LogP) is 3.24. The third kappa shape index (κ3) is 5.98. The lowest BCUT2D eigenvalue weighted by Crippen LogP contribution is -2.36. The number of rotatable bonds is 7. The van der Waals surface area contributed by atoms with Gasteiger partial charge in [-0.05, 0) is 43.8 Å². The van der Waals surface area contributed by atoms with Crippen LogP contribution >= 0.6 is 11.3 Å². The van der Waals surface area contributed by atoms with Gasteiger partial charge in [-0.1, -0.05) is 31.2 Å². The van der Waals surface area contributed by atoms with Crippen LogP contribution in [0, 0.1) is 0 Å². The highest BCUT2D eigenvalue weighted by Crippen LogP contribution is 2.16. The van der Waals surface area contributed by atoms with Gasteiger partial charge in [0.15, 0.2) is 5.96 Å². The van der Waals surface area contributed by atoms with Crippen molar-refractivity contribution in [2.75, 3.05) is 21.1 Å². The van der Waals surface area contributed by atoms with Gasteiger partial charge in [0.2, 0.25) is 0 Å². The van der Waals surface area contributed by atoms with Crippen LogP contribution < -0.4 is 10.6 Å². The van der Waals surface area contributed by atoms with Crippen LogP contribution in [0.5, 0.6) is 0 Å². The van der Waals surface area contributed by atoms with E-state index in [1.807, 2.05) is 18.4 Å². The zero-order valence-electron chi connectivity index (χ0n) is 15.1. The monoisotopic (exact) mass is 344 g/mol. The van der Waals surface area contributed by atoms with Crippen molar-refractivity contribution in [2.24, 2.45) is 4.99 Å². The van der Waals surface area contributed by atoms with Crippen molar-refractivity contribution in [2.45, 2.75) is 33.0 Å². The van der Waals surface area contributed by atoms with Crippen molar-refractivity contribution in [1.29, 1.82) is 0 Å². The highest BCUT2D eigenvalue weighted by molar-refractivity contribution is 7.11. The molecule has 0 fully saturated rings. The van der Waals surface area contributed by atoms with Crippen LogP contribution in [0.1, 0.15) is 27.8 Å². The second-order valence-corrected chi connectivity index (χ2v) is 7.31. The number of aliphatic imine (C=N–C) groups is 1. The third-order valence-corrected chi connectivity index (χ3v) is 4.90. The molecule has 4 nitrogen and oxygen atoms in total. The highest BCUT2D eigenvalue weighted by Gasteiger charge is 2.03. The Balaban J connectivity index is 1.85. The standard InChI is InChI=1S/C19H28N4S/c1-5-17-9-10-18(24-17)13-22-19(20-2)21-12-15-7-6-8-16(11-15)14-23(3)4/h6-11H,5,12-14H2,1-4H3,(H2,20,21,22). The number of guanidine groups is 1. The second kappa shape index (κ2) is 9.45. The van der Waals surface area contributed by atoms with E-state index in [2.05, 4.69) is 77.9 Å². The number of nitrogens with zero attached hydrogens (tertiary/aromatic N) is 2. The Labute approximate surface area is 149 Å². The summed E-state index contributed by atoms with van der Waals surface area (Å²) in [5.74, 6) is 0.833. The third-order valence-electron chi connectivity index (χ3n) is 3.67. The first-order chi connectivity index (χ1) is 11.6. The molecule has 0 aliphatic rings. The fraction of sp³-hybridized carbons (Fsp3) is 0.421. The molecule has 1 aromatic heterocycles.